The molecule has 0 aromatic carbocycles. The molecule has 38 valence electrons. The molecule has 0 bridgehead atoms. The van der Waals surface area contributed by atoms with Crippen LogP contribution in [0.2, 0.25) is 5.32 Å². The SMILES string of the molecule is O=C1C[Se]C(=O)N1. The van der Waals surface area contributed by atoms with Crippen molar-refractivity contribution in [2.24, 2.45) is 0 Å². The molecular weight excluding hydrogens is 161 g/mol. The number of carbonyl (C=O) groups excluding carboxylic acids is 2. The summed E-state index contributed by atoms with van der Waals surface area (Å²) in [6.45, 7) is 0. The van der Waals surface area contributed by atoms with E-state index in [4.69, 9.17) is 0 Å². The van der Waals surface area contributed by atoms with Gasteiger partial charge in [0.15, 0.2) is 0 Å². The molecular formula is C3H3NO2Se. The normalized spacial score (nSPS) is 20.0. The molecule has 0 saturated carbocycles. The fourth-order valence-corrected chi connectivity index (χ4v) is 1.41. The van der Waals surface area contributed by atoms with Crippen molar-refractivity contribution in [2.75, 3.05) is 0 Å². The number of rotatable bonds is 0. The predicted octanol–water partition coefficient (Wildman–Crippen LogP) is -0.641. The first-order chi connectivity index (χ1) is 3.29. The Hall–Kier alpha value is -0.341. The van der Waals surface area contributed by atoms with Gasteiger partial charge < -0.3 is 0 Å². The number of hydrogen-bond acceptors (Lipinski definition) is 2. The van der Waals surface area contributed by atoms with Gasteiger partial charge in [0.2, 0.25) is 0 Å². The fourth-order valence-electron chi connectivity index (χ4n) is 0.317. The zero-order chi connectivity index (χ0) is 5.28. The van der Waals surface area contributed by atoms with Crippen LogP contribution >= 0.6 is 0 Å². The second kappa shape index (κ2) is 1.64. The molecule has 3 nitrogen and oxygen atoms in total. The van der Waals surface area contributed by atoms with E-state index in [1.807, 2.05) is 0 Å². The van der Waals surface area contributed by atoms with Crippen molar-refractivity contribution in [1.82, 2.24) is 5.32 Å². The average molecular weight is 164 g/mol. The van der Waals surface area contributed by atoms with Gasteiger partial charge in [0.1, 0.15) is 0 Å². The molecule has 1 fully saturated rings. The second-order valence-corrected chi connectivity index (χ2v) is 3.11. The van der Waals surface area contributed by atoms with E-state index in [2.05, 4.69) is 5.32 Å². The van der Waals surface area contributed by atoms with Crippen molar-refractivity contribution >= 4 is 25.7 Å². The van der Waals surface area contributed by atoms with E-state index in [1.54, 1.807) is 0 Å². The van der Waals surface area contributed by atoms with Crippen LogP contribution in [0.1, 0.15) is 0 Å². The molecule has 0 aromatic heterocycles. The first kappa shape index (κ1) is 4.81. The van der Waals surface area contributed by atoms with Gasteiger partial charge in [-0.15, -0.1) is 0 Å². The van der Waals surface area contributed by atoms with Gasteiger partial charge in [0, 0.05) is 0 Å². The molecule has 0 aromatic rings. The van der Waals surface area contributed by atoms with Crippen molar-refractivity contribution in [3.63, 3.8) is 0 Å². The number of imide groups is 1. The topological polar surface area (TPSA) is 46.2 Å². The summed E-state index contributed by atoms with van der Waals surface area (Å²) in [5.41, 5.74) is 0. The van der Waals surface area contributed by atoms with Gasteiger partial charge >= 0.3 is 45.9 Å². The Kier molecular flexibility index (Phi) is 1.13. The Morgan fingerprint density at radius 2 is 2.29 bits per heavy atom. The molecule has 2 amide bonds. The van der Waals surface area contributed by atoms with Gasteiger partial charge in [0.25, 0.3) is 0 Å². The third-order valence-corrected chi connectivity index (χ3v) is 2.19. The average Bonchev–Trinajstić information content (AvgIpc) is 1.87. The molecule has 7 heavy (non-hydrogen) atoms. The van der Waals surface area contributed by atoms with Crippen molar-refractivity contribution < 1.29 is 9.59 Å². The third-order valence-electron chi connectivity index (χ3n) is 0.576. The van der Waals surface area contributed by atoms with Gasteiger partial charge in [-0.05, 0) is 0 Å². The molecule has 0 atom stereocenters. The third kappa shape index (κ3) is 1.01. The van der Waals surface area contributed by atoms with Crippen LogP contribution in [-0.4, -0.2) is 25.7 Å². The van der Waals surface area contributed by atoms with Crippen molar-refractivity contribution in [3.05, 3.63) is 0 Å². The molecule has 1 heterocycles. The van der Waals surface area contributed by atoms with Gasteiger partial charge in [-0.1, -0.05) is 0 Å². The molecule has 1 saturated heterocycles. The fraction of sp³-hybridized carbons (Fsp3) is 0.333. The van der Waals surface area contributed by atoms with Crippen molar-refractivity contribution in [1.29, 1.82) is 0 Å². The Labute approximate surface area is 46.6 Å². The van der Waals surface area contributed by atoms with Crippen LogP contribution in [0.15, 0.2) is 0 Å². The molecule has 1 N–H and O–H groups in total. The number of carbonyl (C=O) groups is 2. The number of nitrogens with one attached hydrogen (secondary N) is 1. The van der Waals surface area contributed by atoms with Crippen LogP contribution in [0.4, 0.5) is 4.79 Å². The zero-order valence-corrected chi connectivity index (χ0v) is 5.14. The van der Waals surface area contributed by atoms with Crippen LogP contribution in [0.25, 0.3) is 0 Å². The standard InChI is InChI=1S/C3H3NO2Se/c5-2-1-7-3(6)4-2/h1H2,(H,4,5,6). The first-order valence-corrected chi connectivity index (χ1v) is 3.82. The second-order valence-electron chi connectivity index (χ2n) is 1.12. The zero-order valence-electron chi connectivity index (χ0n) is 3.43. The summed E-state index contributed by atoms with van der Waals surface area (Å²) in [5, 5.41) is 2.60. The summed E-state index contributed by atoms with van der Waals surface area (Å²) < 4.78 is 0. The van der Waals surface area contributed by atoms with E-state index in [9.17, 15) is 9.59 Å². The summed E-state index contributed by atoms with van der Waals surface area (Å²) in [5.74, 6) is -0.120. The van der Waals surface area contributed by atoms with Crippen LogP contribution in [0.5, 0.6) is 0 Å². The maximum absolute atomic E-state index is 10.1. The van der Waals surface area contributed by atoms with Gasteiger partial charge in [-0.25, -0.2) is 0 Å². The molecule has 1 rings (SSSR count). The van der Waals surface area contributed by atoms with Crippen LogP contribution in [0, 0.1) is 0 Å². The first-order valence-electron chi connectivity index (χ1n) is 1.75. The van der Waals surface area contributed by atoms with Crippen LogP contribution in [-0.2, 0) is 4.79 Å². The summed E-state index contributed by atoms with van der Waals surface area (Å²) >= 11 is -0.100. The molecule has 0 aliphatic carbocycles. The number of hydrogen-bond donors (Lipinski definition) is 1. The maximum atomic E-state index is 10.1. The molecule has 0 radical (unpaired) electrons. The summed E-state index contributed by atoms with van der Waals surface area (Å²) in [7, 11) is 0. The Bertz CT molecular complexity index is 108. The monoisotopic (exact) mass is 165 g/mol. The molecule has 0 unspecified atom stereocenters. The molecule has 4 heteroatoms. The summed E-state index contributed by atoms with van der Waals surface area (Å²) in [6.07, 6.45) is 0. The quantitative estimate of drug-likeness (QED) is 0.484. The minimum absolute atomic E-state index is 0.0856. The molecule has 1 aliphatic heterocycles. The molecule has 1 aliphatic rings. The van der Waals surface area contributed by atoms with E-state index in [0.717, 1.165) is 0 Å². The van der Waals surface area contributed by atoms with E-state index >= 15 is 0 Å². The minimum atomic E-state index is -0.120. The Morgan fingerprint density at radius 1 is 1.57 bits per heavy atom. The van der Waals surface area contributed by atoms with E-state index < -0.39 is 0 Å². The van der Waals surface area contributed by atoms with Crippen molar-refractivity contribution in [2.45, 2.75) is 5.32 Å². The van der Waals surface area contributed by atoms with Gasteiger partial charge in [-0.3, -0.25) is 0 Å². The summed E-state index contributed by atoms with van der Waals surface area (Å²) in [6, 6.07) is 0. The Balaban J connectivity index is 2.55. The van der Waals surface area contributed by atoms with E-state index in [0.29, 0.717) is 5.32 Å². The number of amides is 2. The van der Waals surface area contributed by atoms with Crippen molar-refractivity contribution in [3.8, 4) is 0 Å². The van der Waals surface area contributed by atoms with Crippen LogP contribution in [0.3, 0.4) is 0 Å². The van der Waals surface area contributed by atoms with E-state index in [1.165, 1.54) is 0 Å². The Morgan fingerprint density at radius 3 is 2.43 bits per heavy atom. The summed E-state index contributed by atoms with van der Waals surface area (Å²) in [4.78, 5) is 20.2. The van der Waals surface area contributed by atoms with Crippen LogP contribution < -0.4 is 5.32 Å². The van der Waals surface area contributed by atoms with Gasteiger partial charge in [-0.2, -0.15) is 0 Å². The van der Waals surface area contributed by atoms with E-state index in [-0.39, 0.29) is 25.7 Å². The van der Waals surface area contributed by atoms with Gasteiger partial charge in [0.05, 0.1) is 0 Å². The predicted molar refractivity (Wildman–Crippen MR) is 24.1 cm³/mol. The molecule has 0 spiro atoms.